The van der Waals surface area contributed by atoms with Gasteiger partial charge in [-0.2, -0.15) is 0 Å². The third-order valence-electron chi connectivity index (χ3n) is 4.69. The topological polar surface area (TPSA) is 115 Å². The molecule has 0 saturated heterocycles. The number of aryl methyl sites for hydroxylation is 2. The molecular formula is C19H23N3O5S. The summed E-state index contributed by atoms with van der Waals surface area (Å²) in [6.45, 7) is 5.48. The Hall–Kier alpha value is -2.78. The summed E-state index contributed by atoms with van der Waals surface area (Å²) < 4.78 is 5.60. The first-order valence-corrected chi connectivity index (χ1v) is 9.52. The summed E-state index contributed by atoms with van der Waals surface area (Å²) in [6, 6.07) is 1.88. The van der Waals surface area contributed by atoms with Crippen molar-refractivity contribution in [2.45, 2.75) is 32.9 Å². The van der Waals surface area contributed by atoms with Crippen LogP contribution in [0.15, 0.2) is 27.3 Å². The normalized spacial score (nSPS) is 18.9. The number of Topliss-reactive ketones (excluding diaryl/α,β-unsaturated/α-hetero) is 1. The van der Waals surface area contributed by atoms with Gasteiger partial charge in [-0.1, -0.05) is 0 Å². The van der Waals surface area contributed by atoms with E-state index in [1.54, 1.807) is 19.5 Å². The van der Waals surface area contributed by atoms with Crippen LogP contribution in [-0.4, -0.2) is 46.5 Å². The first-order valence-electron chi connectivity index (χ1n) is 8.64. The van der Waals surface area contributed by atoms with Crippen molar-refractivity contribution in [3.8, 4) is 5.75 Å². The van der Waals surface area contributed by atoms with Crippen LogP contribution >= 0.6 is 11.3 Å². The highest BCUT2D eigenvalue weighted by atomic mass is 32.1. The number of carbonyl (C=O) groups excluding carboxylic acids is 2. The molecule has 0 bridgehead atoms. The molecule has 1 unspecified atom stereocenters. The molecule has 3 rings (SSSR count). The lowest BCUT2D eigenvalue weighted by Gasteiger charge is -2.37. The van der Waals surface area contributed by atoms with Gasteiger partial charge in [-0.15, -0.1) is 11.3 Å². The maximum Gasteiger partial charge on any atom is 0.267 e. The summed E-state index contributed by atoms with van der Waals surface area (Å²) in [5.74, 6) is 0.412. The molecule has 4 N–H and O–H groups in total. The minimum absolute atomic E-state index is 0.141. The number of ketones is 1. The molecule has 0 spiro atoms. The van der Waals surface area contributed by atoms with Gasteiger partial charge < -0.3 is 30.2 Å². The maximum absolute atomic E-state index is 12.3. The van der Waals surface area contributed by atoms with Crippen LogP contribution in [0.2, 0.25) is 0 Å². The molecule has 0 radical (unpaired) electrons. The van der Waals surface area contributed by atoms with Gasteiger partial charge in [-0.05, 0) is 32.4 Å². The molecule has 8 nitrogen and oxygen atoms in total. The molecule has 9 heteroatoms. The Bertz CT molecular complexity index is 964. The van der Waals surface area contributed by atoms with Gasteiger partial charge in [0.05, 0.1) is 17.9 Å². The van der Waals surface area contributed by atoms with Gasteiger partial charge in [-0.3, -0.25) is 9.59 Å². The van der Waals surface area contributed by atoms with Crippen molar-refractivity contribution in [2.24, 2.45) is 0 Å². The Labute approximate surface area is 166 Å². The fourth-order valence-corrected chi connectivity index (χ4v) is 3.78. The molecule has 2 heterocycles. The number of carbonyl (C=O) groups is 2. The predicted molar refractivity (Wildman–Crippen MR) is 105 cm³/mol. The van der Waals surface area contributed by atoms with Crippen LogP contribution in [0.4, 0.5) is 5.69 Å². The van der Waals surface area contributed by atoms with Crippen molar-refractivity contribution in [3.05, 3.63) is 44.8 Å². The molecule has 1 amide bonds. The third-order valence-corrected chi connectivity index (χ3v) is 5.64. The summed E-state index contributed by atoms with van der Waals surface area (Å²) in [7, 11) is 3.17. The zero-order chi connectivity index (χ0) is 20.8. The number of furan rings is 1. The molecule has 0 fully saturated rings. The van der Waals surface area contributed by atoms with E-state index in [0.717, 1.165) is 22.7 Å². The number of nitrogens with one attached hydrogen (secondary N) is 2. The monoisotopic (exact) mass is 405 g/mol. The first-order chi connectivity index (χ1) is 13.0. The summed E-state index contributed by atoms with van der Waals surface area (Å²) in [5.41, 5.74) is 0.0320. The Morgan fingerprint density at radius 2 is 2.04 bits per heavy atom. The van der Waals surface area contributed by atoms with Gasteiger partial charge in [0, 0.05) is 19.5 Å². The average Bonchev–Trinajstić information content (AvgIpc) is 3.15. The fraction of sp³-hybridized carbons (Fsp3) is 0.368. The largest absolute Gasteiger partial charge is 0.504 e. The van der Waals surface area contributed by atoms with Gasteiger partial charge >= 0.3 is 0 Å². The third kappa shape index (κ3) is 3.27. The molecule has 0 aliphatic heterocycles. The zero-order valence-corrected chi connectivity index (χ0v) is 17.2. The van der Waals surface area contributed by atoms with E-state index < -0.39 is 11.4 Å². The van der Waals surface area contributed by atoms with Gasteiger partial charge in [0.1, 0.15) is 22.1 Å². The highest BCUT2D eigenvalue weighted by molar-refractivity contribution is 7.13. The predicted octanol–water partition coefficient (Wildman–Crippen LogP) is 2.11. The van der Waals surface area contributed by atoms with Crippen molar-refractivity contribution in [1.82, 2.24) is 10.2 Å². The lowest BCUT2D eigenvalue weighted by atomic mass is 9.81. The SMILES string of the molecule is Cc1cc(CNC2=C(Nc3csc(C(=O)N(C)C)c3O)C(=O)C2(C)O)oc1C. The second kappa shape index (κ2) is 6.99. The molecule has 28 heavy (non-hydrogen) atoms. The second-order valence-electron chi connectivity index (χ2n) is 7.11. The van der Waals surface area contributed by atoms with E-state index in [1.807, 2.05) is 19.9 Å². The van der Waals surface area contributed by atoms with Crippen molar-refractivity contribution in [1.29, 1.82) is 0 Å². The summed E-state index contributed by atoms with van der Waals surface area (Å²) in [4.78, 5) is 25.9. The Morgan fingerprint density at radius 3 is 2.61 bits per heavy atom. The average molecular weight is 405 g/mol. The summed E-state index contributed by atoms with van der Waals surface area (Å²) in [5, 5.41) is 28.2. The Morgan fingerprint density at radius 1 is 1.36 bits per heavy atom. The number of anilines is 1. The van der Waals surface area contributed by atoms with E-state index in [2.05, 4.69) is 10.6 Å². The highest BCUT2D eigenvalue weighted by Gasteiger charge is 2.49. The van der Waals surface area contributed by atoms with E-state index in [1.165, 1.54) is 11.8 Å². The van der Waals surface area contributed by atoms with Crippen LogP contribution in [0.3, 0.4) is 0 Å². The number of hydrogen-bond donors (Lipinski definition) is 4. The van der Waals surface area contributed by atoms with Gasteiger partial charge in [0.2, 0.25) is 5.78 Å². The molecule has 150 valence electrons. The number of rotatable bonds is 6. The minimum Gasteiger partial charge on any atom is -0.504 e. The molecule has 1 aliphatic carbocycles. The van der Waals surface area contributed by atoms with Crippen LogP contribution < -0.4 is 10.6 Å². The smallest absolute Gasteiger partial charge is 0.267 e. The van der Waals surface area contributed by atoms with Crippen molar-refractivity contribution >= 4 is 28.7 Å². The second-order valence-corrected chi connectivity index (χ2v) is 7.99. The highest BCUT2D eigenvalue weighted by Crippen LogP contribution is 2.39. The first kappa shape index (κ1) is 20.0. The number of nitrogens with zero attached hydrogens (tertiary/aromatic N) is 1. The van der Waals surface area contributed by atoms with E-state index in [0.29, 0.717) is 18.0 Å². The maximum atomic E-state index is 12.3. The number of amides is 1. The van der Waals surface area contributed by atoms with Crippen molar-refractivity contribution < 1.29 is 24.2 Å². The molecule has 1 aliphatic rings. The molecular weight excluding hydrogens is 382 g/mol. The number of hydrogen-bond acceptors (Lipinski definition) is 8. The van der Waals surface area contributed by atoms with Crippen LogP contribution in [0.1, 0.15) is 33.7 Å². The molecule has 0 saturated carbocycles. The Kier molecular flexibility index (Phi) is 4.99. The Balaban J connectivity index is 1.83. The van der Waals surface area contributed by atoms with Crippen LogP contribution in [-0.2, 0) is 11.3 Å². The summed E-state index contributed by atoms with van der Waals surface area (Å²) in [6.07, 6.45) is 0. The van der Waals surface area contributed by atoms with Gasteiger partial charge in [-0.25, -0.2) is 0 Å². The van der Waals surface area contributed by atoms with Gasteiger partial charge in [0.15, 0.2) is 11.4 Å². The van der Waals surface area contributed by atoms with E-state index in [9.17, 15) is 19.8 Å². The van der Waals surface area contributed by atoms with E-state index >= 15 is 0 Å². The summed E-state index contributed by atoms with van der Waals surface area (Å²) >= 11 is 1.07. The van der Waals surface area contributed by atoms with Crippen LogP contribution in [0.25, 0.3) is 0 Å². The van der Waals surface area contributed by atoms with Crippen molar-refractivity contribution in [2.75, 3.05) is 19.4 Å². The zero-order valence-electron chi connectivity index (χ0n) is 16.3. The van der Waals surface area contributed by atoms with Crippen molar-refractivity contribution in [3.63, 3.8) is 0 Å². The number of aromatic hydroxyl groups is 1. The molecule has 0 aromatic carbocycles. The lowest BCUT2D eigenvalue weighted by molar-refractivity contribution is -0.132. The van der Waals surface area contributed by atoms with E-state index in [4.69, 9.17) is 4.42 Å². The van der Waals surface area contributed by atoms with Crippen LogP contribution in [0.5, 0.6) is 5.75 Å². The number of thiophene rings is 1. The fourth-order valence-electron chi connectivity index (χ4n) is 2.87. The molecule has 1 atom stereocenters. The van der Waals surface area contributed by atoms with E-state index in [-0.39, 0.29) is 27.9 Å². The standard InChI is InChI=1S/C19H23N3O5S/c1-9-6-11(27-10(9)2)7-20-16-13(17(24)19(16,3)26)21-12-8-28-15(14(12)23)18(25)22(4)5/h6,8,20-21,23,26H,7H2,1-5H3. The molecule has 2 aromatic heterocycles. The van der Waals surface area contributed by atoms with Gasteiger partial charge in [0.25, 0.3) is 5.91 Å². The molecule has 2 aromatic rings. The minimum atomic E-state index is -1.66. The number of aliphatic hydroxyl groups is 1. The quantitative estimate of drug-likeness (QED) is 0.582. The van der Waals surface area contributed by atoms with Crippen LogP contribution in [0, 0.1) is 13.8 Å². The lowest BCUT2D eigenvalue weighted by Crippen LogP contribution is -2.55.